The van der Waals surface area contributed by atoms with Crippen LogP contribution in [0.25, 0.3) is 0 Å². The first kappa shape index (κ1) is 21.8. The summed E-state index contributed by atoms with van der Waals surface area (Å²) in [6.07, 6.45) is 8.06. The third-order valence-corrected chi connectivity index (χ3v) is 7.02. The molecule has 0 bridgehead atoms. The van der Waals surface area contributed by atoms with Crippen LogP contribution >= 0.6 is 0 Å². The maximum atomic E-state index is 13.2. The van der Waals surface area contributed by atoms with Gasteiger partial charge in [-0.15, -0.1) is 0 Å². The van der Waals surface area contributed by atoms with Crippen LogP contribution in [0.3, 0.4) is 0 Å². The highest BCUT2D eigenvalue weighted by atomic mass is 16.2. The van der Waals surface area contributed by atoms with Crippen LogP contribution in [-0.4, -0.2) is 53.7 Å². The Morgan fingerprint density at radius 3 is 2.13 bits per heavy atom. The van der Waals surface area contributed by atoms with E-state index in [1.54, 1.807) is 0 Å². The molecular weight excluding hydrogens is 384 g/mol. The van der Waals surface area contributed by atoms with E-state index in [1.165, 1.54) is 38.5 Å². The Hall–Kier alpha value is -2.46. The molecule has 164 valence electrons. The third kappa shape index (κ3) is 5.24. The largest absolute Gasteiger partial charge is 0.340 e. The Kier molecular flexibility index (Phi) is 7.18. The van der Waals surface area contributed by atoms with Gasteiger partial charge in [0.25, 0.3) is 0 Å². The second-order valence-corrected chi connectivity index (χ2v) is 9.05. The van der Waals surface area contributed by atoms with Gasteiger partial charge >= 0.3 is 0 Å². The molecule has 1 heterocycles. The molecule has 1 saturated carbocycles. The summed E-state index contributed by atoms with van der Waals surface area (Å²) in [6, 6.07) is 17.6. The molecule has 2 fully saturated rings. The Labute approximate surface area is 186 Å². The number of carbonyl (C=O) groups is 2. The van der Waals surface area contributed by atoms with Gasteiger partial charge in [0.1, 0.15) is 0 Å². The molecule has 1 aliphatic heterocycles. The van der Waals surface area contributed by atoms with Gasteiger partial charge in [-0.2, -0.15) is 0 Å². The first-order valence-electron chi connectivity index (χ1n) is 11.9. The number of hydrogen-bond donors (Lipinski definition) is 0. The van der Waals surface area contributed by atoms with Crippen LogP contribution in [0.4, 0.5) is 0 Å². The summed E-state index contributed by atoms with van der Waals surface area (Å²) >= 11 is 0. The van der Waals surface area contributed by atoms with Gasteiger partial charge in [-0.25, -0.2) is 0 Å². The first-order valence-corrected chi connectivity index (χ1v) is 11.9. The summed E-state index contributed by atoms with van der Waals surface area (Å²) in [5, 5.41) is 0. The van der Waals surface area contributed by atoms with Gasteiger partial charge in [0.2, 0.25) is 5.91 Å². The number of piperazine rings is 1. The molecule has 1 saturated heterocycles. The molecule has 2 aliphatic rings. The summed E-state index contributed by atoms with van der Waals surface area (Å²) in [4.78, 5) is 30.6. The maximum Gasteiger partial charge on any atom is 0.229 e. The number of carbonyl (C=O) groups excluding carboxylic acids is 2. The van der Waals surface area contributed by atoms with Gasteiger partial charge in [-0.05, 0) is 31.4 Å². The molecule has 31 heavy (non-hydrogen) atoms. The second-order valence-electron chi connectivity index (χ2n) is 9.05. The van der Waals surface area contributed by atoms with Gasteiger partial charge in [0.15, 0.2) is 5.78 Å². The SMILES string of the molecule is CC(C(=O)N1CCN(C2CCCCCC2)CC1)c1cccc(C(=O)c2ccccc2)c1. The van der Waals surface area contributed by atoms with Crippen LogP contribution in [0.2, 0.25) is 0 Å². The minimum absolute atomic E-state index is 0.000821. The predicted octanol–water partition coefficient (Wildman–Crippen LogP) is 4.89. The molecule has 1 atom stereocenters. The van der Waals surface area contributed by atoms with Crippen molar-refractivity contribution >= 4 is 11.7 Å². The van der Waals surface area contributed by atoms with E-state index in [-0.39, 0.29) is 17.6 Å². The fourth-order valence-corrected chi connectivity index (χ4v) is 5.05. The molecule has 2 aromatic carbocycles. The average Bonchev–Trinajstić information content (AvgIpc) is 3.13. The first-order chi connectivity index (χ1) is 15.1. The standard InChI is InChI=1S/C27H34N2O2/c1-21(23-12-9-13-24(20-23)26(30)22-10-5-4-6-11-22)27(31)29-18-16-28(17-19-29)25-14-7-2-3-8-15-25/h4-6,9-13,20-21,25H,2-3,7-8,14-19H2,1H3. The smallest absolute Gasteiger partial charge is 0.229 e. The van der Waals surface area contributed by atoms with Crippen molar-refractivity contribution in [3.05, 3.63) is 71.3 Å². The quantitative estimate of drug-likeness (QED) is 0.513. The predicted molar refractivity (Wildman–Crippen MR) is 124 cm³/mol. The number of rotatable bonds is 5. The second kappa shape index (κ2) is 10.2. The molecule has 0 spiro atoms. The van der Waals surface area contributed by atoms with Crippen molar-refractivity contribution < 1.29 is 9.59 Å². The van der Waals surface area contributed by atoms with Crippen LogP contribution in [0.5, 0.6) is 0 Å². The van der Waals surface area contributed by atoms with Crippen molar-refractivity contribution in [2.45, 2.75) is 57.4 Å². The van der Waals surface area contributed by atoms with Gasteiger partial charge < -0.3 is 4.90 Å². The Morgan fingerprint density at radius 2 is 1.45 bits per heavy atom. The number of ketones is 1. The lowest BCUT2D eigenvalue weighted by atomic mass is 9.94. The molecule has 2 aromatic rings. The van der Waals surface area contributed by atoms with Crippen molar-refractivity contribution in [2.24, 2.45) is 0 Å². The highest BCUT2D eigenvalue weighted by Crippen LogP contribution is 2.25. The van der Waals surface area contributed by atoms with E-state index in [1.807, 2.05) is 66.4 Å². The van der Waals surface area contributed by atoms with Crippen LogP contribution in [-0.2, 0) is 4.79 Å². The average molecular weight is 419 g/mol. The molecule has 0 radical (unpaired) electrons. The zero-order valence-electron chi connectivity index (χ0n) is 18.6. The van der Waals surface area contributed by atoms with Crippen molar-refractivity contribution in [1.29, 1.82) is 0 Å². The lowest BCUT2D eigenvalue weighted by Gasteiger charge is -2.40. The van der Waals surface area contributed by atoms with E-state index < -0.39 is 0 Å². The van der Waals surface area contributed by atoms with E-state index in [4.69, 9.17) is 0 Å². The summed E-state index contributed by atoms with van der Waals surface area (Å²) in [5.74, 6) is -0.0723. The van der Waals surface area contributed by atoms with Gasteiger partial charge in [-0.3, -0.25) is 14.5 Å². The van der Waals surface area contributed by atoms with Crippen LogP contribution in [0.1, 0.15) is 72.9 Å². The molecular formula is C27H34N2O2. The highest BCUT2D eigenvalue weighted by Gasteiger charge is 2.29. The number of amides is 1. The minimum atomic E-state index is -0.243. The van der Waals surface area contributed by atoms with E-state index in [9.17, 15) is 9.59 Å². The van der Waals surface area contributed by atoms with Crippen molar-refractivity contribution in [3.63, 3.8) is 0 Å². The summed E-state index contributed by atoms with van der Waals surface area (Å²) < 4.78 is 0. The zero-order chi connectivity index (χ0) is 21.6. The van der Waals surface area contributed by atoms with Crippen LogP contribution in [0, 0.1) is 0 Å². The molecule has 1 unspecified atom stereocenters. The Morgan fingerprint density at radius 1 is 0.806 bits per heavy atom. The normalized spacial score (nSPS) is 19.6. The molecule has 0 N–H and O–H groups in total. The minimum Gasteiger partial charge on any atom is -0.340 e. The van der Waals surface area contributed by atoms with Gasteiger partial charge in [0, 0.05) is 43.3 Å². The number of benzene rings is 2. The summed E-state index contributed by atoms with van der Waals surface area (Å²) in [7, 11) is 0. The number of nitrogens with zero attached hydrogens (tertiary/aromatic N) is 2. The van der Waals surface area contributed by atoms with Crippen LogP contribution < -0.4 is 0 Å². The van der Waals surface area contributed by atoms with Gasteiger partial charge in [-0.1, -0.05) is 74.2 Å². The lowest BCUT2D eigenvalue weighted by Crippen LogP contribution is -2.52. The monoisotopic (exact) mass is 418 g/mol. The molecule has 4 rings (SSSR count). The summed E-state index contributed by atoms with van der Waals surface area (Å²) in [5.41, 5.74) is 2.23. The number of hydrogen-bond acceptors (Lipinski definition) is 3. The van der Waals surface area contributed by atoms with E-state index >= 15 is 0 Å². The van der Waals surface area contributed by atoms with Crippen molar-refractivity contribution in [1.82, 2.24) is 9.80 Å². The Balaban J connectivity index is 1.38. The topological polar surface area (TPSA) is 40.6 Å². The summed E-state index contributed by atoms with van der Waals surface area (Å²) in [6.45, 7) is 5.54. The molecule has 1 amide bonds. The maximum absolute atomic E-state index is 13.2. The molecule has 0 aromatic heterocycles. The van der Waals surface area contributed by atoms with E-state index in [2.05, 4.69) is 4.90 Å². The molecule has 1 aliphatic carbocycles. The van der Waals surface area contributed by atoms with Crippen molar-refractivity contribution in [3.8, 4) is 0 Å². The highest BCUT2D eigenvalue weighted by molar-refractivity contribution is 6.09. The van der Waals surface area contributed by atoms with E-state index in [0.717, 1.165) is 31.7 Å². The fraction of sp³-hybridized carbons (Fsp3) is 0.481. The molecule has 4 nitrogen and oxygen atoms in total. The zero-order valence-corrected chi connectivity index (χ0v) is 18.6. The van der Waals surface area contributed by atoms with Crippen molar-refractivity contribution in [2.75, 3.05) is 26.2 Å². The third-order valence-electron chi connectivity index (χ3n) is 7.02. The van der Waals surface area contributed by atoms with Gasteiger partial charge in [0.05, 0.1) is 5.92 Å². The lowest BCUT2D eigenvalue weighted by molar-refractivity contribution is -0.134. The Bertz CT molecular complexity index is 879. The molecule has 4 heteroatoms. The van der Waals surface area contributed by atoms with E-state index in [0.29, 0.717) is 17.2 Å². The fourth-order valence-electron chi connectivity index (χ4n) is 5.05. The van der Waals surface area contributed by atoms with Crippen LogP contribution in [0.15, 0.2) is 54.6 Å².